The van der Waals surface area contributed by atoms with Crippen molar-refractivity contribution in [2.45, 2.75) is 6.42 Å². The van der Waals surface area contributed by atoms with E-state index in [1.54, 1.807) is 0 Å². The highest BCUT2D eigenvalue weighted by Gasteiger charge is 1.98. The molecule has 0 amide bonds. The first-order chi connectivity index (χ1) is 6.24. The number of aliphatic hydroxyl groups excluding tert-OH is 1. The number of anilines is 1. The van der Waals surface area contributed by atoms with Crippen LogP contribution in [0, 0.1) is 11.8 Å². The van der Waals surface area contributed by atoms with E-state index in [1.165, 1.54) is 6.20 Å². The summed E-state index contributed by atoms with van der Waals surface area (Å²) in [6.45, 7) is 0.0282. The van der Waals surface area contributed by atoms with Gasteiger partial charge in [-0.25, -0.2) is 4.98 Å². The standard InChI is InChI=1S/C8H8ClN3O/c9-7-6(3-1-2-4-13)5-11-8(10)12-7/h5,13H,2,4H2,(H2,10,11,12). The molecule has 0 aromatic carbocycles. The number of nitrogens with zero attached hydrogens (tertiary/aromatic N) is 2. The van der Waals surface area contributed by atoms with Crippen LogP contribution in [0.2, 0.25) is 5.15 Å². The van der Waals surface area contributed by atoms with Gasteiger partial charge in [-0.05, 0) is 0 Å². The molecule has 1 aromatic rings. The second-order valence-corrected chi connectivity index (χ2v) is 2.57. The van der Waals surface area contributed by atoms with Crippen molar-refractivity contribution in [3.05, 3.63) is 16.9 Å². The lowest BCUT2D eigenvalue weighted by Gasteiger charge is -1.94. The van der Waals surface area contributed by atoms with Crippen molar-refractivity contribution in [1.29, 1.82) is 0 Å². The SMILES string of the molecule is Nc1ncc(C#CCCO)c(Cl)n1. The van der Waals surface area contributed by atoms with Crippen LogP contribution in [0.5, 0.6) is 0 Å². The van der Waals surface area contributed by atoms with E-state index in [2.05, 4.69) is 21.8 Å². The molecule has 0 aliphatic carbocycles. The molecule has 0 aliphatic heterocycles. The molecule has 68 valence electrons. The lowest BCUT2D eigenvalue weighted by molar-refractivity contribution is 0.305. The Kier molecular flexibility index (Phi) is 3.50. The molecular formula is C8H8ClN3O. The average Bonchev–Trinajstić information content (AvgIpc) is 2.09. The minimum absolute atomic E-state index is 0.0282. The van der Waals surface area contributed by atoms with Gasteiger partial charge in [-0.2, -0.15) is 4.98 Å². The van der Waals surface area contributed by atoms with E-state index in [9.17, 15) is 0 Å². The molecular weight excluding hydrogens is 190 g/mol. The summed E-state index contributed by atoms with van der Waals surface area (Å²) < 4.78 is 0. The Morgan fingerprint density at radius 3 is 3.00 bits per heavy atom. The molecule has 0 spiro atoms. The molecule has 13 heavy (non-hydrogen) atoms. The van der Waals surface area contributed by atoms with Crippen LogP contribution in [0.15, 0.2) is 6.20 Å². The minimum Gasteiger partial charge on any atom is -0.395 e. The monoisotopic (exact) mass is 197 g/mol. The van der Waals surface area contributed by atoms with Crippen LogP contribution in [-0.4, -0.2) is 21.7 Å². The molecule has 4 nitrogen and oxygen atoms in total. The first kappa shape index (κ1) is 9.78. The predicted molar refractivity (Wildman–Crippen MR) is 50.0 cm³/mol. The summed E-state index contributed by atoms with van der Waals surface area (Å²) in [6, 6.07) is 0. The van der Waals surface area contributed by atoms with Gasteiger partial charge in [0.1, 0.15) is 5.15 Å². The summed E-state index contributed by atoms with van der Waals surface area (Å²) in [6.07, 6.45) is 1.86. The first-order valence-corrected chi connectivity index (χ1v) is 3.99. The molecule has 1 aromatic heterocycles. The van der Waals surface area contributed by atoms with E-state index in [1.807, 2.05) is 0 Å². The van der Waals surface area contributed by atoms with Gasteiger partial charge in [-0.1, -0.05) is 23.4 Å². The van der Waals surface area contributed by atoms with Crippen LogP contribution < -0.4 is 5.73 Å². The van der Waals surface area contributed by atoms with Gasteiger partial charge in [0.15, 0.2) is 0 Å². The number of rotatable bonds is 1. The lowest BCUT2D eigenvalue weighted by atomic mass is 10.3. The Morgan fingerprint density at radius 1 is 1.62 bits per heavy atom. The Hall–Kier alpha value is -1.31. The van der Waals surface area contributed by atoms with E-state index in [4.69, 9.17) is 22.4 Å². The van der Waals surface area contributed by atoms with Crippen molar-refractivity contribution in [3.63, 3.8) is 0 Å². The highest BCUT2D eigenvalue weighted by molar-refractivity contribution is 6.30. The van der Waals surface area contributed by atoms with Crippen molar-refractivity contribution >= 4 is 17.5 Å². The van der Waals surface area contributed by atoms with Crippen LogP contribution in [-0.2, 0) is 0 Å². The molecule has 3 N–H and O–H groups in total. The van der Waals surface area contributed by atoms with E-state index in [0.29, 0.717) is 12.0 Å². The number of hydrogen-bond donors (Lipinski definition) is 2. The molecule has 0 aliphatic rings. The summed E-state index contributed by atoms with van der Waals surface area (Å²) in [5.41, 5.74) is 5.81. The third-order valence-electron chi connectivity index (χ3n) is 1.22. The van der Waals surface area contributed by atoms with Crippen LogP contribution in [0.1, 0.15) is 12.0 Å². The summed E-state index contributed by atoms with van der Waals surface area (Å²) in [4.78, 5) is 7.46. The Balaban J connectivity index is 2.85. The molecule has 0 radical (unpaired) electrons. The molecule has 0 bridgehead atoms. The van der Waals surface area contributed by atoms with E-state index < -0.39 is 0 Å². The van der Waals surface area contributed by atoms with Gasteiger partial charge >= 0.3 is 0 Å². The van der Waals surface area contributed by atoms with Crippen molar-refractivity contribution in [2.24, 2.45) is 0 Å². The molecule has 0 saturated carbocycles. The molecule has 5 heteroatoms. The molecule has 0 fully saturated rings. The summed E-state index contributed by atoms with van der Waals surface area (Å²) in [5, 5.41) is 8.71. The molecule has 0 unspecified atom stereocenters. The number of aromatic nitrogens is 2. The highest BCUT2D eigenvalue weighted by Crippen LogP contribution is 2.10. The van der Waals surface area contributed by atoms with Crippen molar-refractivity contribution in [2.75, 3.05) is 12.3 Å². The summed E-state index contributed by atoms with van der Waals surface area (Å²) >= 11 is 5.71. The Labute approximate surface area is 80.8 Å². The van der Waals surface area contributed by atoms with Crippen LogP contribution in [0.25, 0.3) is 0 Å². The first-order valence-electron chi connectivity index (χ1n) is 3.62. The van der Waals surface area contributed by atoms with Gasteiger partial charge in [-0.3, -0.25) is 0 Å². The van der Waals surface area contributed by atoms with Gasteiger partial charge in [0.05, 0.1) is 12.2 Å². The number of nitrogens with two attached hydrogens (primary N) is 1. The van der Waals surface area contributed by atoms with Gasteiger partial charge < -0.3 is 10.8 Å². The molecule has 0 saturated heterocycles. The van der Waals surface area contributed by atoms with Crippen molar-refractivity contribution in [1.82, 2.24) is 9.97 Å². The zero-order chi connectivity index (χ0) is 9.68. The number of halogens is 1. The van der Waals surface area contributed by atoms with Crippen LogP contribution in [0.3, 0.4) is 0 Å². The van der Waals surface area contributed by atoms with Gasteiger partial charge in [0, 0.05) is 12.6 Å². The Morgan fingerprint density at radius 2 is 2.38 bits per heavy atom. The highest BCUT2D eigenvalue weighted by atomic mass is 35.5. The Bertz CT molecular complexity index is 356. The largest absolute Gasteiger partial charge is 0.395 e. The fraction of sp³-hybridized carbons (Fsp3) is 0.250. The second-order valence-electron chi connectivity index (χ2n) is 2.21. The maximum Gasteiger partial charge on any atom is 0.221 e. The van der Waals surface area contributed by atoms with E-state index >= 15 is 0 Å². The fourth-order valence-electron chi connectivity index (χ4n) is 0.671. The van der Waals surface area contributed by atoms with Gasteiger partial charge in [-0.15, -0.1) is 0 Å². The second kappa shape index (κ2) is 4.65. The fourth-order valence-corrected chi connectivity index (χ4v) is 0.854. The topological polar surface area (TPSA) is 72.0 Å². The van der Waals surface area contributed by atoms with Crippen LogP contribution >= 0.6 is 11.6 Å². The summed E-state index contributed by atoms with van der Waals surface area (Å²) in [5.74, 6) is 5.55. The zero-order valence-corrected chi connectivity index (χ0v) is 7.54. The van der Waals surface area contributed by atoms with E-state index in [0.717, 1.165) is 0 Å². The van der Waals surface area contributed by atoms with Gasteiger partial charge in [0.25, 0.3) is 0 Å². The molecule has 0 atom stereocenters. The number of hydrogen-bond acceptors (Lipinski definition) is 4. The maximum atomic E-state index is 8.47. The third-order valence-corrected chi connectivity index (χ3v) is 1.51. The van der Waals surface area contributed by atoms with Crippen molar-refractivity contribution in [3.8, 4) is 11.8 Å². The van der Waals surface area contributed by atoms with Gasteiger partial charge in [0.2, 0.25) is 5.95 Å². The quantitative estimate of drug-likeness (QED) is 0.507. The van der Waals surface area contributed by atoms with Crippen molar-refractivity contribution < 1.29 is 5.11 Å². The smallest absolute Gasteiger partial charge is 0.221 e. The maximum absolute atomic E-state index is 8.47. The number of aliphatic hydroxyl groups is 1. The third kappa shape index (κ3) is 2.90. The molecule has 1 heterocycles. The lowest BCUT2D eigenvalue weighted by Crippen LogP contribution is -1.95. The minimum atomic E-state index is 0.0282. The molecule has 1 rings (SSSR count). The van der Waals surface area contributed by atoms with Crippen LogP contribution in [0.4, 0.5) is 5.95 Å². The average molecular weight is 198 g/mol. The zero-order valence-electron chi connectivity index (χ0n) is 6.79. The summed E-state index contributed by atoms with van der Waals surface area (Å²) in [7, 11) is 0. The normalized spacial score (nSPS) is 9.08. The number of nitrogen functional groups attached to an aromatic ring is 1. The predicted octanol–water partition coefficient (Wildman–Crippen LogP) is 0.446. The van der Waals surface area contributed by atoms with E-state index in [-0.39, 0.29) is 17.7 Å².